The van der Waals surface area contributed by atoms with Gasteiger partial charge in [-0.3, -0.25) is 19.3 Å². The molecule has 0 spiro atoms. The molecular weight excluding hydrogens is 328 g/mol. The summed E-state index contributed by atoms with van der Waals surface area (Å²) in [5, 5.41) is -0.214. The Morgan fingerprint density at radius 1 is 1.42 bits per heavy atom. The van der Waals surface area contributed by atoms with E-state index in [-0.39, 0.29) is 11.2 Å². The SMILES string of the molecule is CCc1ccc2c(c1)C(=O)C(=O)N2C[NH+]1CCS[C@@H](C(=O)OC)C1. The Kier molecular flexibility index (Phi) is 4.91. The molecule has 3 rings (SSSR count). The number of hydrogen-bond acceptors (Lipinski definition) is 5. The topological polar surface area (TPSA) is 68.1 Å². The quantitative estimate of drug-likeness (QED) is 0.608. The summed E-state index contributed by atoms with van der Waals surface area (Å²) < 4.78 is 4.82. The number of nitrogens with zero attached hydrogens (tertiary/aromatic N) is 1. The van der Waals surface area contributed by atoms with E-state index in [9.17, 15) is 14.4 Å². The number of Topliss-reactive ketones (excluding diaryl/α,β-unsaturated/α-hetero) is 1. The highest BCUT2D eigenvalue weighted by molar-refractivity contribution is 8.00. The van der Waals surface area contributed by atoms with Crippen LogP contribution in [-0.4, -0.2) is 55.5 Å². The van der Waals surface area contributed by atoms with Gasteiger partial charge in [0.2, 0.25) is 0 Å². The molecule has 7 heteroatoms. The van der Waals surface area contributed by atoms with Crippen LogP contribution in [0.15, 0.2) is 18.2 Å². The van der Waals surface area contributed by atoms with Gasteiger partial charge in [-0.05, 0) is 24.1 Å². The smallest absolute Gasteiger partial charge is 0.324 e. The van der Waals surface area contributed by atoms with E-state index in [0.29, 0.717) is 24.5 Å². The van der Waals surface area contributed by atoms with Crippen molar-refractivity contribution in [3.63, 3.8) is 0 Å². The van der Waals surface area contributed by atoms with Gasteiger partial charge in [-0.15, -0.1) is 11.8 Å². The van der Waals surface area contributed by atoms with Crippen molar-refractivity contribution >= 4 is 35.1 Å². The fourth-order valence-electron chi connectivity index (χ4n) is 3.14. The first-order valence-corrected chi connectivity index (χ1v) is 9.12. The van der Waals surface area contributed by atoms with E-state index in [1.165, 1.54) is 7.11 Å². The van der Waals surface area contributed by atoms with E-state index < -0.39 is 11.7 Å². The Hall–Kier alpha value is -1.86. The molecule has 0 bridgehead atoms. The average Bonchev–Trinajstić information content (AvgIpc) is 2.85. The molecule has 2 atom stereocenters. The molecule has 2 aliphatic rings. The van der Waals surface area contributed by atoms with Gasteiger partial charge in [0.1, 0.15) is 6.54 Å². The van der Waals surface area contributed by atoms with E-state index in [1.807, 2.05) is 25.1 Å². The predicted octanol–water partition coefficient (Wildman–Crippen LogP) is -0.0909. The monoisotopic (exact) mass is 349 g/mol. The largest absolute Gasteiger partial charge is 0.468 e. The Morgan fingerprint density at radius 3 is 2.92 bits per heavy atom. The third-order valence-corrected chi connectivity index (χ3v) is 5.74. The molecule has 24 heavy (non-hydrogen) atoms. The van der Waals surface area contributed by atoms with Crippen molar-refractivity contribution in [2.24, 2.45) is 0 Å². The van der Waals surface area contributed by atoms with Crippen LogP contribution in [0.3, 0.4) is 0 Å². The lowest BCUT2D eigenvalue weighted by molar-refractivity contribution is -0.896. The van der Waals surface area contributed by atoms with Crippen LogP contribution < -0.4 is 9.80 Å². The summed E-state index contributed by atoms with van der Waals surface area (Å²) in [6.45, 7) is 3.86. The standard InChI is InChI=1S/C17H20N2O4S/c1-3-11-4-5-13-12(8-11)15(20)16(21)19(13)10-18-6-7-24-14(9-18)17(22)23-2/h4-5,8,14H,3,6-7,9-10H2,1-2H3/p+1/t14-/m1/s1. The molecule has 1 amide bonds. The number of carbonyl (C=O) groups is 3. The molecule has 1 aromatic carbocycles. The summed E-state index contributed by atoms with van der Waals surface area (Å²) >= 11 is 1.58. The molecule has 1 saturated heterocycles. The van der Waals surface area contributed by atoms with Crippen molar-refractivity contribution in [2.75, 3.05) is 37.5 Å². The van der Waals surface area contributed by atoms with Gasteiger partial charge in [0, 0.05) is 5.75 Å². The van der Waals surface area contributed by atoms with E-state index in [0.717, 1.165) is 29.2 Å². The maximum atomic E-state index is 12.4. The second-order valence-electron chi connectivity index (χ2n) is 6.01. The third kappa shape index (κ3) is 3.06. The van der Waals surface area contributed by atoms with Crippen molar-refractivity contribution in [1.82, 2.24) is 0 Å². The number of esters is 1. The van der Waals surface area contributed by atoms with Crippen molar-refractivity contribution in [3.05, 3.63) is 29.3 Å². The van der Waals surface area contributed by atoms with Crippen LogP contribution in [-0.2, 0) is 20.7 Å². The number of amides is 1. The molecule has 0 aromatic heterocycles. The molecule has 2 heterocycles. The lowest BCUT2D eigenvalue weighted by Gasteiger charge is -2.30. The van der Waals surface area contributed by atoms with E-state index in [1.54, 1.807) is 16.7 Å². The van der Waals surface area contributed by atoms with Crippen LogP contribution >= 0.6 is 11.8 Å². The number of thioether (sulfide) groups is 1. The van der Waals surface area contributed by atoms with Crippen LogP contribution in [0.5, 0.6) is 0 Å². The summed E-state index contributed by atoms with van der Waals surface area (Å²) in [5.74, 6) is -0.310. The second kappa shape index (κ2) is 6.94. The minimum Gasteiger partial charge on any atom is -0.468 e. The first-order valence-electron chi connectivity index (χ1n) is 8.07. The summed E-state index contributed by atoms with van der Waals surface area (Å²) in [6, 6.07) is 5.62. The molecule has 0 saturated carbocycles. The first kappa shape index (κ1) is 17.0. The number of hydrogen-bond donors (Lipinski definition) is 1. The summed E-state index contributed by atoms with van der Waals surface area (Å²) in [7, 11) is 1.39. The number of benzene rings is 1. The van der Waals surface area contributed by atoms with Crippen molar-refractivity contribution < 1.29 is 24.0 Å². The maximum absolute atomic E-state index is 12.4. The van der Waals surface area contributed by atoms with Crippen LogP contribution in [0.25, 0.3) is 0 Å². The van der Waals surface area contributed by atoms with Crippen LogP contribution in [0.1, 0.15) is 22.8 Å². The number of anilines is 1. The van der Waals surface area contributed by atoms with Gasteiger partial charge < -0.3 is 9.64 Å². The van der Waals surface area contributed by atoms with Crippen molar-refractivity contribution in [3.8, 4) is 0 Å². The molecule has 1 fully saturated rings. The highest BCUT2D eigenvalue weighted by atomic mass is 32.2. The van der Waals surface area contributed by atoms with Gasteiger partial charge in [-0.1, -0.05) is 13.0 Å². The van der Waals surface area contributed by atoms with E-state index >= 15 is 0 Å². The molecule has 128 valence electrons. The van der Waals surface area contributed by atoms with Gasteiger partial charge in [0.15, 0.2) is 11.9 Å². The molecule has 1 unspecified atom stereocenters. The zero-order chi connectivity index (χ0) is 17.3. The lowest BCUT2D eigenvalue weighted by Crippen LogP contribution is -3.16. The van der Waals surface area contributed by atoms with Gasteiger partial charge in [-0.25, -0.2) is 0 Å². The maximum Gasteiger partial charge on any atom is 0.324 e. The Balaban J connectivity index is 1.77. The number of nitrogens with one attached hydrogen (secondary N) is 1. The van der Waals surface area contributed by atoms with Gasteiger partial charge in [0.25, 0.3) is 5.78 Å². The molecule has 2 aliphatic heterocycles. The molecular formula is C17H21N2O4S+. The lowest BCUT2D eigenvalue weighted by atomic mass is 10.1. The fraction of sp³-hybridized carbons (Fsp3) is 0.471. The van der Waals surface area contributed by atoms with E-state index in [4.69, 9.17) is 4.74 Å². The van der Waals surface area contributed by atoms with Crippen molar-refractivity contribution in [2.45, 2.75) is 18.6 Å². The number of ether oxygens (including phenoxy) is 1. The minimum absolute atomic E-state index is 0.214. The number of methoxy groups -OCH3 is 1. The average molecular weight is 349 g/mol. The zero-order valence-corrected chi connectivity index (χ0v) is 14.6. The minimum atomic E-state index is -0.474. The van der Waals surface area contributed by atoms with Gasteiger partial charge in [0.05, 0.1) is 24.9 Å². The summed E-state index contributed by atoms with van der Waals surface area (Å²) in [4.78, 5) is 39.0. The normalized spacial score (nSPS) is 23.3. The number of rotatable bonds is 4. The Bertz CT molecular complexity index is 691. The third-order valence-electron chi connectivity index (χ3n) is 4.54. The molecule has 1 aromatic rings. The highest BCUT2D eigenvalue weighted by Gasteiger charge is 2.39. The number of aryl methyl sites for hydroxylation is 1. The molecule has 6 nitrogen and oxygen atoms in total. The van der Waals surface area contributed by atoms with Crippen LogP contribution in [0.4, 0.5) is 5.69 Å². The summed E-state index contributed by atoms with van der Waals surface area (Å²) in [6.07, 6.45) is 0.824. The highest BCUT2D eigenvalue weighted by Crippen LogP contribution is 2.29. The molecule has 0 radical (unpaired) electrons. The first-order chi connectivity index (χ1) is 11.5. The number of ketones is 1. The zero-order valence-electron chi connectivity index (χ0n) is 13.8. The van der Waals surface area contributed by atoms with Crippen LogP contribution in [0, 0.1) is 0 Å². The van der Waals surface area contributed by atoms with Crippen molar-refractivity contribution in [1.29, 1.82) is 0 Å². The summed E-state index contributed by atoms with van der Waals surface area (Å²) in [5.41, 5.74) is 2.22. The van der Waals surface area contributed by atoms with Gasteiger partial charge >= 0.3 is 11.9 Å². The number of fused-ring (bicyclic) bond motifs is 1. The Morgan fingerprint density at radius 2 is 2.21 bits per heavy atom. The van der Waals surface area contributed by atoms with E-state index in [2.05, 4.69) is 0 Å². The number of carbonyl (C=O) groups excluding carboxylic acids is 3. The van der Waals surface area contributed by atoms with Gasteiger partial charge in [-0.2, -0.15) is 0 Å². The Labute approximate surface area is 145 Å². The number of quaternary nitrogens is 1. The molecule has 1 N–H and O–H groups in total. The predicted molar refractivity (Wildman–Crippen MR) is 91.5 cm³/mol. The molecule has 0 aliphatic carbocycles. The second-order valence-corrected chi connectivity index (χ2v) is 7.32. The fourth-order valence-corrected chi connectivity index (χ4v) is 4.42. The van der Waals surface area contributed by atoms with Crippen LogP contribution in [0.2, 0.25) is 0 Å².